The Hall–Kier alpha value is -2.63. The summed E-state index contributed by atoms with van der Waals surface area (Å²) in [6.07, 6.45) is 0. The average Bonchev–Trinajstić information content (AvgIpc) is 2.77. The van der Waals surface area contributed by atoms with Crippen LogP contribution in [0, 0.1) is 11.3 Å². The molecule has 1 aromatic heterocycles. The number of carbonyl (C=O) groups is 2. The zero-order valence-electron chi connectivity index (χ0n) is 11.2. The Morgan fingerprint density at radius 3 is 2.61 bits per heavy atom. The second-order valence-corrected chi connectivity index (χ2v) is 5.87. The molecule has 3 rings (SSSR count). The molecule has 0 aliphatic carbocycles. The lowest BCUT2D eigenvalue weighted by Crippen LogP contribution is -2.24. The molecule has 0 radical (unpaired) electrons. The number of amides is 2. The predicted molar refractivity (Wildman–Crippen MR) is 85.7 cm³/mol. The van der Waals surface area contributed by atoms with Crippen LogP contribution in [-0.4, -0.2) is 16.4 Å². The summed E-state index contributed by atoms with van der Waals surface area (Å²) in [6.45, 7) is 0. The number of nitrogens with zero attached hydrogens (tertiary/aromatic N) is 2. The van der Waals surface area contributed by atoms with Crippen molar-refractivity contribution in [2.45, 2.75) is 0 Å². The molecule has 1 aliphatic heterocycles. The number of carbonyl (C=O) groups excluding carboxylic acids is 2. The molecule has 3 N–H and O–H groups in total. The van der Waals surface area contributed by atoms with Crippen LogP contribution in [0.3, 0.4) is 0 Å². The molecule has 9 heteroatoms. The van der Waals surface area contributed by atoms with E-state index >= 15 is 0 Å². The fraction of sp³-hybridized carbons (Fsp3) is 0. The summed E-state index contributed by atoms with van der Waals surface area (Å²) in [6, 6.07) is 5.91. The molecule has 1 aliphatic rings. The number of nitrogens with two attached hydrogens (primary N) is 1. The van der Waals surface area contributed by atoms with Gasteiger partial charge < -0.3 is 5.73 Å². The normalized spacial score (nSPS) is 12.7. The van der Waals surface area contributed by atoms with Gasteiger partial charge in [-0.15, -0.1) is 0 Å². The highest BCUT2D eigenvalue weighted by Gasteiger charge is 2.32. The van der Waals surface area contributed by atoms with Crippen molar-refractivity contribution in [3.05, 3.63) is 54.7 Å². The molecule has 0 saturated heterocycles. The Morgan fingerprint density at radius 1 is 1.26 bits per heavy atom. The second kappa shape index (κ2) is 5.22. The number of imide groups is 1. The van der Waals surface area contributed by atoms with E-state index in [1.807, 2.05) is 6.07 Å². The topological polar surface area (TPSA) is 118 Å². The Balaban J connectivity index is 2.41. The average molecular weight is 394 g/mol. The zero-order valence-corrected chi connectivity index (χ0v) is 13.5. The number of halogens is 2. The molecular formula is C14H6BrClN4O3. The Labute approximate surface area is 142 Å². The second-order valence-electron chi connectivity index (χ2n) is 4.64. The highest BCUT2D eigenvalue weighted by Crippen LogP contribution is 2.32. The van der Waals surface area contributed by atoms with Crippen LogP contribution in [0.1, 0.15) is 26.3 Å². The molecule has 2 heterocycles. The number of hydrogen-bond donors (Lipinski definition) is 2. The van der Waals surface area contributed by atoms with Gasteiger partial charge in [-0.25, -0.2) is 0 Å². The highest BCUT2D eigenvalue weighted by molar-refractivity contribution is 9.10. The molecule has 114 valence electrons. The van der Waals surface area contributed by atoms with Crippen molar-refractivity contribution in [1.82, 2.24) is 9.88 Å². The van der Waals surface area contributed by atoms with E-state index in [0.717, 1.165) is 10.6 Å². The van der Waals surface area contributed by atoms with Crippen LogP contribution in [-0.2, 0) is 0 Å². The van der Waals surface area contributed by atoms with Crippen LogP contribution < -0.4 is 16.6 Å². The number of rotatable bonds is 1. The molecule has 0 saturated carbocycles. The molecule has 2 amide bonds. The van der Waals surface area contributed by atoms with Gasteiger partial charge in [0.25, 0.3) is 17.4 Å². The van der Waals surface area contributed by atoms with E-state index in [1.54, 1.807) is 6.07 Å². The molecular weight excluding hydrogens is 388 g/mol. The molecule has 0 unspecified atom stereocenters. The number of pyridine rings is 1. The van der Waals surface area contributed by atoms with Crippen molar-refractivity contribution in [3.63, 3.8) is 0 Å². The van der Waals surface area contributed by atoms with Crippen molar-refractivity contribution >= 4 is 45.2 Å². The van der Waals surface area contributed by atoms with Crippen LogP contribution in [0.5, 0.6) is 0 Å². The van der Waals surface area contributed by atoms with Gasteiger partial charge in [0.05, 0.1) is 27.4 Å². The first kappa shape index (κ1) is 15.3. The molecule has 0 bridgehead atoms. The van der Waals surface area contributed by atoms with Crippen LogP contribution in [0.2, 0.25) is 5.02 Å². The van der Waals surface area contributed by atoms with E-state index in [1.165, 1.54) is 6.07 Å². The van der Waals surface area contributed by atoms with Crippen molar-refractivity contribution in [2.24, 2.45) is 0 Å². The Kier molecular flexibility index (Phi) is 3.47. The minimum atomic E-state index is -0.696. The predicted octanol–water partition coefficient (Wildman–Crippen LogP) is 1.59. The van der Waals surface area contributed by atoms with Gasteiger partial charge in [0, 0.05) is 10.5 Å². The lowest BCUT2D eigenvalue weighted by atomic mass is 10.1. The lowest BCUT2D eigenvalue weighted by molar-refractivity contribution is 0.0880. The van der Waals surface area contributed by atoms with E-state index in [2.05, 4.69) is 21.2 Å². The van der Waals surface area contributed by atoms with E-state index in [4.69, 9.17) is 17.3 Å². The summed E-state index contributed by atoms with van der Waals surface area (Å²) >= 11 is 9.25. The molecule has 23 heavy (non-hydrogen) atoms. The minimum Gasteiger partial charge on any atom is -0.384 e. The smallest absolute Gasteiger partial charge is 0.262 e. The van der Waals surface area contributed by atoms with Gasteiger partial charge in [0.2, 0.25) is 0 Å². The molecule has 1 aromatic carbocycles. The van der Waals surface area contributed by atoms with Crippen LogP contribution in [0.15, 0.2) is 27.5 Å². The number of benzene rings is 1. The Bertz CT molecular complexity index is 1010. The molecule has 0 spiro atoms. The van der Waals surface area contributed by atoms with Crippen molar-refractivity contribution in [2.75, 3.05) is 5.73 Å². The quantitative estimate of drug-likeness (QED) is 0.713. The Morgan fingerprint density at radius 2 is 1.96 bits per heavy atom. The fourth-order valence-corrected chi connectivity index (χ4v) is 2.89. The van der Waals surface area contributed by atoms with Crippen LogP contribution >= 0.6 is 27.5 Å². The monoisotopic (exact) mass is 392 g/mol. The van der Waals surface area contributed by atoms with Gasteiger partial charge in [-0.2, -0.15) is 5.26 Å². The summed E-state index contributed by atoms with van der Waals surface area (Å²) in [5.41, 5.74) is 5.22. The van der Waals surface area contributed by atoms with E-state index in [0.29, 0.717) is 4.47 Å². The number of hydrogen-bond acceptors (Lipinski definition) is 5. The molecule has 0 fully saturated rings. The van der Waals surface area contributed by atoms with E-state index < -0.39 is 17.4 Å². The van der Waals surface area contributed by atoms with Crippen molar-refractivity contribution < 1.29 is 9.59 Å². The molecule has 7 nitrogen and oxygen atoms in total. The van der Waals surface area contributed by atoms with Crippen LogP contribution in [0.25, 0.3) is 5.69 Å². The van der Waals surface area contributed by atoms with Gasteiger partial charge >= 0.3 is 0 Å². The number of nitriles is 1. The van der Waals surface area contributed by atoms with E-state index in [9.17, 15) is 19.6 Å². The van der Waals surface area contributed by atoms with Crippen molar-refractivity contribution in [1.29, 1.82) is 5.26 Å². The van der Waals surface area contributed by atoms with Gasteiger partial charge in [0.15, 0.2) is 0 Å². The zero-order chi connectivity index (χ0) is 16.9. The summed E-state index contributed by atoms with van der Waals surface area (Å²) < 4.78 is 1.45. The first-order valence-electron chi connectivity index (χ1n) is 6.16. The van der Waals surface area contributed by atoms with E-state index in [-0.39, 0.29) is 33.2 Å². The molecule has 2 aromatic rings. The highest BCUT2D eigenvalue weighted by atomic mass is 79.9. The summed E-state index contributed by atoms with van der Waals surface area (Å²) in [7, 11) is 0. The number of anilines is 1. The van der Waals surface area contributed by atoms with Gasteiger partial charge in [-0.05, 0) is 28.1 Å². The third-order valence-electron chi connectivity index (χ3n) is 3.38. The third kappa shape index (κ3) is 2.13. The SMILES string of the molecule is N#Cc1c(-n2c(N)c3c(cc2=O)C(=O)NC3=O)ccc(Br)c1Cl. The van der Waals surface area contributed by atoms with Gasteiger partial charge in [0.1, 0.15) is 11.9 Å². The number of aromatic nitrogens is 1. The molecule has 0 atom stereocenters. The maximum Gasteiger partial charge on any atom is 0.262 e. The number of nitrogen functional groups attached to an aromatic ring is 1. The lowest BCUT2D eigenvalue weighted by Gasteiger charge is -2.14. The maximum atomic E-state index is 12.3. The van der Waals surface area contributed by atoms with Gasteiger partial charge in [-0.1, -0.05) is 11.6 Å². The van der Waals surface area contributed by atoms with Crippen molar-refractivity contribution in [3.8, 4) is 11.8 Å². The standard InChI is InChI=1S/C14H6BrClN4O3/c15-7-1-2-8(6(4-17)11(7)16)20-9(21)3-5-10(12(20)18)14(23)19-13(5)22/h1-3H,18H2,(H,19,22,23). The first-order chi connectivity index (χ1) is 10.9. The maximum absolute atomic E-state index is 12.3. The third-order valence-corrected chi connectivity index (χ3v) is 4.66. The summed E-state index contributed by atoms with van der Waals surface area (Å²) in [4.78, 5) is 35.8. The number of nitrogens with one attached hydrogen (secondary N) is 1. The summed E-state index contributed by atoms with van der Waals surface area (Å²) in [5, 5.41) is 11.5. The largest absolute Gasteiger partial charge is 0.384 e. The van der Waals surface area contributed by atoms with Crippen LogP contribution in [0.4, 0.5) is 5.82 Å². The minimum absolute atomic E-state index is 0.0134. The van der Waals surface area contributed by atoms with Gasteiger partial charge in [-0.3, -0.25) is 24.3 Å². The fourth-order valence-electron chi connectivity index (χ4n) is 2.36. The number of fused-ring (bicyclic) bond motifs is 1. The summed E-state index contributed by atoms with van der Waals surface area (Å²) in [5.74, 6) is -1.61. The first-order valence-corrected chi connectivity index (χ1v) is 7.33.